The van der Waals surface area contributed by atoms with E-state index in [1.54, 1.807) is 72.8 Å². The second-order valence-electron chi connectivity index (χ2n) is 9.82. The molecular formula is C36H27BrClN3O3S. The number of anilines is 2. The van der Waals surface area contributed by atoms with E-state index in [0.29, 0.717) is 27.5 Å². The third-order valence-electron chi connectivity index (χ3n) is 6.49. The van der Waals surface area contributed by atoms with Crippen molar-refractivity contribution in [2.75, 3.05) is 10.6 Å². The first-order valence-electron chi connectivity index (χ1n) is 13.9. The van der Waals surface area contributed by atoms with Crippen molar-refractivity contribution in [1.29, 1.82) is 0 Å². The van der Waals surface area contributed by atoms with E-state index in [1.165, 1.54) is 11.8 Å². The molecule has 3 amide bonds. The fourth-order valence-electron chi connectivity index (χ4n) is 4.33. The smallest absolute Gasteiger partial charge is 0.272 e. The summed E-state index contributed by atoms with van der Waals surface area (Å²) >= 11 is 10.9. The van der Waals surface area contributed by atoms with Crippen molar-refractivity contribution in [3.63, 3.8) is 0 Å². The molecule has 0 saturated carbocycles. The molecule has 224 valence electrons. The van der Waals surface area contributed by atoms with E-state index in [1.807, 2.05) is 66.7 Å². The molecule has 0 aliphatic heterocycles. The summed E-state index contributed by atoms with van der Waals surface area (Å²) < 4.78 is 0.915. The van der Waals surface area contributed by atoms with Crippen LogP contribution in [0.3, 0.4) is 0 Å². The predicted octanol–water partition coefficient (Wildman–Crippen LogP) is 8.98. The zero-order valence-electron chi connectivity index (χ0n) is 23.7. The summed E-state index contributed by atoms with van der Waals surface area (Å²) in [7, 11) is 0. The molecule has 5 rings (SSSR count). The van der Waals surface area contributed by atoms with Crippen LogP contribution in [0.1, 0.15) is 26.7 Å². The van der Waals surface area contributed by atoms with Crippen LogP contribution in [-0.2, 0) is 9.59 Å². The number of carbonyl (C=O) groups excluding carboxylic acids is 3. The topological polar surface area (TPSA) is 87.3 Å². The Kier molecular flexibility index (Phi) is 10.9. The highest BCUT2D eigenvalue weighted by atomic mass is 79.9. The number of hydrogen-bond acceptors (Lipinski definition) is 4. The van der Waals surface area contributed by atoms with Crippen LogP contribution in [0.15, 0.2) is 149 Å². The van der Waals surface area contributed by atoms with Gasteiger partial charge >= 0.3 is 0 Å². The summed E-state index contributed by atoms with van der Waals surface area (Å²) in [5, 5.41) is 8.56. The molecule has 0 radical (unpaired) electrons. The molecule has 45 heavy (non-hydrogen) atoms. The van der Waals surface area contributed by atoms with Gasteiger partial charge in [0.25, 0.3) is 11.8 Å². The molecule has 0 bridgehead atoms. The number of rotatable bonds is 10. The van der Waals surface area contributed by atoms with Gasteiger partial charge in [0.15, 0.2) is 0 Å². The average molecular weight is 697 g/mol. The van der Waals surface area contributed by atoms with E-state index >= 15 is 0 Å². The van der Waals surface area contributed by atoms with E-state index in [-0.39, 0.29) is 11.6 Å². The lowest BCUT2D eigenvalue weighted by atomic mass is 10.1. The van der Waals surface area contributed by atoms with Gasteiger partial charge in [-0.15, -0.1) is 11.8 Å². The summed E-state index contributed by atoms with van der Waals surface area (Å²) in [6, 6.07) is 39.7. The zero-order chi connectivity index (χ0) is 31.6. The lowest BCUT2D eigenvalue weighted by Gasteiger charge is -2.18. The molecule has 1 atom stereocenters. The summed E-state index contributed by atoms with van der Waals surface area (Å²) in [5.41, 5.74) is 3.11. The Hall–Kier alpha value is -4.63. The van der Waals surface area contributed by atoms with Gasteiger partial charge in [0.05, 0.1) is 0 Å². The second-order valence-corrected chi connectivity index (χ2v) is 12.4. The van der Waals surface area contributed by atoms with E-state index in [0.717, 1.165) is 14.9 Å². The molecule has 0 heterocycles. The monoisotopic (exact) mass is 695 g/mol. The standard InChI is InChI=1S/C36H27BrClN3O3S/c37-27-17-19-29(20-18-27)39-36(44)33(25-10-3-1-4-11-25)45-31-16-8-15-30(23-31)40-35(43)32(22-24-9-7-14-28(38)21-24)41-34(42)26-12-5-2-6-13-26/h1-23,33H,(H,39,44)(H,40,43)(H,41,42)/b32-22-. The minimum absolute atomic E-state index is 0.0419. The van der Waals surface area contributed by atoms with Gasteiger partial charge in [0, 0.05) is 31.3 Å². The fraction of sp³-hybridized carbons (Fsp3) is 0.0278. The van der Waals surface area contributed by atoms with E-state index in [4.69, 9.17) is 11.6 Å². The molecule has 0 spiro atoms. The number of carbonyl (C=O) groups is 3. The Bertz CT molecular complexity index is 1830. The van der Waals surface area contributed by atoms with Gasteiger partial charge in [-0.05, 0) is 83.9 Å². The van der Waals surface area contributed by atoms with E-state index < -0.39 is 17.1 Å². The summed E-state index contributed by atoms with van der Waals surface area (Å²) in [6.45, 7) is 0. The van der Waals surface area contributed by atoms with Crippen LogP contribution in [0.25, 0.3) is 6.08 Å². The number of halogens is 2. The molecule has 6 nitrogen and oxygen atoms in total. The van der Waals surface area contributed by atoms with Crippen LogP contribution in [0.5, 0.6) is 0 Å². The quantitative estimate of drug-likeness (QED) is 0.101. The number of thioether (sulfide) groups is 1. The van der Waals surface area contributed by atoms with Gasteiger partial charge in [-0.2, -0.15) is 0 Å². The predicted molar refractivity (Wildman–Crippen MR) is 186 cm³/mol. The first-order chi connectivity index (χ1) is 21.8. The summed E-state index contributed by atoms with van der Waals surface area (Å²) in [5.74, 6) is -1.13. The fourth-order valence-corrected chi connectivity index (χ4v) is 5.88. The van der Waals surface area contributed by atoms with Gasteiger partial charge in [-0.1, -0.05) is 94.3 Å². The van der Waals surface area contributed by atoms with Crippen molar-refractivity contribution in [2.24, 2.45) is 0 Å². The Balaban J connectivity index is 1.37. The normalized spacial score (nSPS) is 11.7. The third kappa shape index (κ3) is 9.18. The molecule has 0 aromatic heterocycles. The lowest BCUT2D eigenvalue weighted by Crippen LogP contribution is -2.30. The number of nitrogens with one attached hydrogen (secondary N) is 3. The first kappa shape index (κ1) is 31.8. The molecule has 0 saturated heterocycles. The van der Waals surface area contributed by atoms with Crippen molar-refractivity contribution >= 4 is 74.5 Å². The van der Waals surface area contributed by atoms with Gasteiger partial charge in [0.2, 0.25) is 5.91 Å². The summed E-state index contributed by atoms with van der Waals surface area (Å²) in [4.78, 5) is 40.8. The van der Waals surface area contributed by atoms with Crippen LogP contribution in [0.4, 0.5) is 11.4 Å². The maximum Gasteiger partial charge on any atom is 0.272 e. The molecule has 0 fully saturated rings. The SMILES string of the molecule is O=C(Nc1cccc(SC(C(=O)Nc2ccc(Br)cc2)c2ccccc2)c1)/C(=C/c1cccc(Cl)c1)NC(=O)c1ccccc1. The number of amides is 3. The highest BCUT2D eigenvalue weighted by molar-refractivity contribution is 9.10. The van der Waals surface area contributed by atoms with Crippen LogP contribution < -0.4 is 16.0 Å². The Labute approximate surface area is 279 Å². The van der Waals surface area contributed by atoms with Crippen LogP contribution in [0, 0.1) is 0 Å². The molecule has 0 aliphatic carbocycles. The number of benzene rings is 5. The maximum absolute atomic E-state index is 13.6. The van der Waals surface area contributed by atoms with Crippen molar-refractivity contribution in [2.45, 2.75) is 10.1 Å². The largest absolute Gasteiger partial charge is 0.325 e. The molecule has 5 aromatic carbocycles. The molecular weight excluding hydrogens is 670 g/mol. The number of hydrogen-bond donors (Lipinski definition) is 3. The van der Waals surface area contributed by atoms with Crippen molar-refractivity contribution in [3.8, 4) is 0 Å². The van der Waals surface area contributed by atoms with Crippen molar-refractivity contribution in [3.05, 3.63) is 165 Å². The third-order valence-corrected chi connectivity index (χ3v) is 8.50. The van der Waals surface area contributed by atoms with Gasteiger partial charge < -0.3 is 16.0 Å². The minimum Gasteiger partial charge on any atom is -0.325 e. The van der Waals surface area contributed by atoms with Gasteiger partial charge in [0.1, 0.15) is 10.9 Å². The van der Waals surface area contributed by atoms with E-state index in [9.17, 15) is 14.4 Å². The maximum atomic E-state index is 13.6. The molecule has 1 unspecified atom stereocenters. The molecule has 9 heteroatoms. The van der Waals surface area contributed by atoms with Gasteiger partial charge in [-0.25, -0.2) is 0 Å². The summed E-state index contributed by atoms with van der Waals surface area (Å²) in [6.07, 6.45) is 1.57. The Morgan fingerprint density at radius 2 is 1.40 bits per heavy atom. The minimum atomic E-state index is -0.566. The highest BCUT2D eigenvalue weighted by Gasteiger charge is 2.23. The van der Waals surface area contributed by atoms with Crippen LogP contribution in [-0.4, -0.2) is 17.7 Å². The molecule has 3 N–H and O–H groups in total. The second kappa shape index (κ2) is 15.4. The zero-order valence-corrected chi connectivity index (χ0v) is 26.9. The van der Waals surface area contributed by atoms with Crippen LogP contribution >= 0.6 is 39.3 Å². The van der Waals surface area contributed by atoms with E-state index in [2.05, 4.69) is 31.9 Å². The lowest BCUT2D eigenvalue weighted by molar-refractivity contribution is -0.116. The molecule has 5 aromatic rings. The van der Waals surface area contributed by atoms with Crippen LogP contribution in [0.2, 0.25) is 5.02 Å². The van der Waals surface area contributed by atoms with Crippen molar-refractivity contribution in [1.82, 2.24) is 5.32 Å². The molecule has 0 aliphatic rings. The Morgan fingerprint density at radius 1 is 0.711 bits per heavy atom. The first-order valence-corrected chi connectivity index (χ1v) is 15.9. The van der Waals surface area contributed by atoms with Gasteiger partial charge in [-0.3, -0.25) is 14.4 Å². The highest BCUT2D eigenvalue weighted by Crippen LogP contribution is 2.37. The average Bonchev–Trinajstić information content (AvgIpc) is 3.05. The van der Waals surface area contributed by atoms with Crippen molar-refractivity contribution < 1.29 is 14.4 Å². The Morgan fingerprint density at radius 3 is 2.11 bits per heavy atom.